The van der Waals surface area contributed by atoms with Crippen LogP contribution in [0.4, 0.5) is 0 Å². The number of nitrogens with zero attached hydrogens (tertiary/aromatic N) is 1. The molecule has 0 amide bonds. The number of hydrogen-bond acceptors (Lipinski definition) is 4. The minimum Gasteiger partial charge on any atom is -0.459 e. The lowest BCUT2D eigenvalue weighted by molar-refractivity contribution is -0.152. The first-order chi connectivity index (χ1) is 7.29. The van der Waals surface area contributed by atoms with Crippen LogP contribution in [0.15, 0.2) is 5.38 Å². The summed E-state index contributed by atoms with van der Waals surface area (Å²) in [6, 6.07) is 0. The summed E-state index contributed by atoms with van der Waals surface area (Å²) in [5, 5.41) is 3.07. The Kier molecular flexibility index (Phi) is 3.36. The zero-order valence-electron chi connectivity index (χ0n) is 8.86. The van der Waals surface area contributed by atoms with Gasteiger partial charge in [0.25, 0.3) is 0 Å². The lowest BCUT2D eigenvalue weighted by Gasteiger charge is -2.22. The highest BCUT2D eigenvalue weighted by molar-refractivity contribution is 7.09. The predicted octanol–water partition coefficient (Wildman–Crippen LogP) is 2.55. The van der Waals surface area contributed by atoms with Gasteiger partial charge in [-0.15, -0.1) is 11.3 Å². The summed E-state index contributed by atoms with van der Waals surface area (Å²) in [5.41, 5.74) is 0.879. The van der Waals surface area contributed by atoms with Crippen LogP contribution in [-0.2, 0) is 22.6 Å². The topological polar surface area (TPSA) is 39.2 Å². The highest BCUT2D eigenvalue weighted by Gasteiger charge is 2.26. The van der Waals surface area contributed by atoms with E-state index in [0.717, 1.165) is 36.4 Å². The van der Waals surface area contributed by atoms with Gasteiger partial charge in [-0.2, -0.15) is 0 Å². The Morgan fingerprint density at radius 2 is 2.47 bits per heavy atom. The van der Waals surface area contributed by atoms with E-state index < -0.39 is 0 Å². The van der Waals surface area contributed by atoms with Crippen molar-refractivity contribution in [1.29, 1.82) is 0 Å². The van der Waals surface area contributed by atoms with Crippen LogP contribution < -0.4 is 0 Å². The quantitative estimate of drug-likeness (QED) is 0.739. The van der Waals surface area contributed by atoms with Gasteiger partial charge in [-0.1, -0.05) is 13.3 Å². The lowest BCUT2D eigenvalue weighted by Crippen LogP contribution is -2.23. The van der Waals surface area contributed by atoms with E-state index in [1.165, 1.54) is 0 Å². The number of rotatable bonds is 4. The summed E-state index contributed by atoms with van der Waals surface area (Å²) in [4.78, 5) is 15.8. The molecule has 1 saturated carbocycles. The fraction of sp³-hybridized carbons (Fsp3) is 0.636. The van der Waals surface area contributed by atoms with Crippen molar-refractivity contribution in [2.45, 2.75) is 39.2 Å². The van der Waals surface area contributed by atoms with Crippen LogP contribution >= 0.6 is 11.3 Å². The number of aryl methyl sites for hydroxylation is 1. The summed E-state index contributed by atoms with van der Waals surface area (Å²) in [6.07, 6.45) is 4.10. The molecule has 1 fully saturated rings. The first-order valence-corrected chi connectivity index (χ1v) is 6.27. The molecular formula is C11H15NO2S. The molecule has 1 heterocycles. The third-order valence-electron chi connectivity index (χ3n) is 2.70. The fourth-order valence-electron chi connectivity index (χ4n) is 1.48. The van der Waals surface area contributed by atoms with Crippen LogP contribution in [0.25, 0.3) is 0 Å². The van der Waals surface area contributed by atoms with Gasteiger partial charge in [-0.3, -0.25) is 4.79 Å². The number of thiazole rings is 1. The number of hydrogen-bond donors (Lipinski definition) is 0. The zero-order chi connectivity index (χ0) is 10.7. The molecule has 0 saturated heterocycles. The van der Waals surface area contributed by atoms with E-state index in [9.17, 15) is 4.79 Å². The predicted molar refractivity (Wildman–Crippen MR) is 58.6 cm³/mol. The van der Waals surface area contributed by atoms with Gasteiger partial charge in [-0.05, 0) is 19.3 Å². The zero-order valence-corrected chi connectivity index (χ0v) is 9.68. The highest BCUT2D eigenvalue weighted by Crippen LogP contribution is 2.27. The second kappa shape index (κ2) is 4.75. The lowest BCUT2D eigenvalue weighted by atomic mass is 9.86. The van der Waals surface area contributed by atoms with Gasteiger partial charge in [0.1, 0.15) is 6.61 Å². The third-order valence-corrected chi connectivity index (χ3v) is 3.74. The number of ether oxygens (including phenoxy) is 1. The molecule has 0 aliphatic heterocycles. The van der Waals surface area contributed by atoms with E-state index in [-0.39, 0.29) is 11.9 Å². The molecule has 1 aliphatic rings. The second-order valence-electron chi connectivity index (χ2n) is 3.82. The van der Waals surface area contributed by atoms with E-state index in [1.807, 2.05) is 5.38 Å². The molecule has 2 rings (SSSR count). The molecule has 1 aromatic heterocycles. The minimum absolute atomic E-state index is 0.0488. The number of carbonyl (C=O) groups is 1. The standard InChI is InChI=1S/C11H15NO2S/c1-2-10-12-9(7-15-10)6-14-11(13)8-4-3-5-8/h7-8H,2-6H2,1H3. The maximum atomic E-state index is 11.4. The van der Waals surface area contributed by atoms with Crippen LogP contribution in [-0.4, -0.2) is 11.0 Å². The molecule has 0 aromatic carbocycles. The molecule has 0 atom stereocenters. The summed E-state index contributed by atoms with van der Waals surface area (Å²) in [5.74, 6) is 0.113. The summed E-state index contributed by atoms with van der Waals surface area (Å²) >= 11 is 1.63. The van der Waals surface area contributed by atoms with E-state index in [2.05, 4.69) is 11.9 Å². The second-order valence-corrected chi connectivity index (χ2v) is 4.76. The molecule has 1 aliphatic carbocycles. The number of carbonyl (C=O) groups excluding carboxylic acids is 1. The van der Waals surface area contributed by atoms with E-state index in [0.29, 0.717) is 6.61 Å². The van der Waals surface area contributed by atoms with Gasteiger partial charge >= 0.3 is 5.97 Å². The Morgan fingerprint density at radius 3 is 3.00 bits per heavy atom. The van der Waals surface area contributed by atoms with Crippen LogP contribution in [0, 0.1) is 5.92 Å². The largest absolute Gasteiger partial charge is 0.459 e. The number of esters is 1. The van der Waals surface area contributed by atoms with Crippen LogP contribution in [0.3, 0.4) is 0 Å². The van der Waals surface area contributed by atoms with Crippen LogP contribution in [0.5, 0.6) is 0 Å². The molecule has 0 unspecified atom stereocenters. The first-order valence-electron chi connectivity index (χ1n) is 5.39. The van der Waals surface area contributed by atoms with Gasteiger partial charge in [0.2, 0.25) is 0 Å². The van der Waals surface area contributed by atoms with Gasteiger partial charge in [-0.25, -0.2) is 4.98 Å². The molecule has 82 valence electrons. The Labute approximate surface area is 93.5 Å². The van der Waals surface area contributed by atoms with Gasteiger partial charge in [0.15, 0.2) is 0 Å². The van der Waals surface area contributed by atoms with Gasteiger partial charge in [0.05, 0.1) is 16.6 Å². The average Bonchev–Trinajstić information content (AvgIpc) is 2.59. The Hall–Kier alpha value is -0.900. The average molecular weight is 225 g/mol. The Balaban J connectivity index is 1.79. The molecule has 15 heavy (non-hydrogen) atoms. The fourth-order valence-corrected chi connectivity index (χ4v) is 2.21. The van der Waals surface area contributed by atoms with Crippen molar-refractivity contribution >= 4 is 17.3 Å². The van der Waals surface area contributed by atoms with Crippen molar-refractivity contribution in [3.05, 3.63) is 16.1 Å². The first kappa shape index (κ1) is 10.6. The van der Waals surface area contributed by atoms with Crippen LogP contribution in [0.2, 0.25) is 0 Å². The van der Waals surface area contributed by atoms with Gasteiger partial charge in [0, 0.05) is 5.38 Å². The Morgan fingerprint density at radius 1 is 1.67 bits per heavy atom. The Bertz CT molecular complexity index is 344. The summed E-state index contributed by atoms with van der Waals surface area (Å²) < 4.78 is 5.20. The molecule has 0 bridgehead atoms. The molecular weight excluding hydrogens is 210 g/mol. The van der Waals surface area contributed by atoms with Crippen molar-refractivity contribution in [1.82, 2.24) is 4.98 Å². The van der Waals surface area contributed by atoms with Crippen LogP contribution in [0.1, 0.15) is 36.9 Å². The molecule has 4 heteroatoms. The monoisotopic (exact) mass is 225 g/mol. The smallest absolute Gasteiger partial charge is 0.309 e. The number of aromatic nitrogens is 1. The van der Waals surface area contributed by atoms with Crippen molar-refractivity contribution in [3.8, 4) is 0 Å². The summed E-state index contributed by atoms with van der Waals surface area (Å²) in [7, 11) is 0. The SMILES string of the molecule is CCc1nc(COC(=O)C2CCC2)cs1. The van der Waals surface area contributed by atoms with E-state index >= 15 is 0 Å². The third kappa shape index (κ3) is 2.56. The maximum Gasteiger partial charge on any atom is 0.309 e. The van der Waals surface area contributed by atoms with Crippen molar-refractivity contribution in [3.63, 3.8) is 0 Å². The molecule has 0 spiro atoms. The maximum absolute atomic E-state index is 11.4. The normalized spacial score (nSPS) is 16.1. The molecule has 3 nitrogen and oxygen atoms in total. The highest BCUT2D eigenvalue weighted by atomic mass is 32.1. The molecule has 0 N–H and O–H groups in total. The summed E-state index contributed by atoms with van der Waals surface area (Å²) in [6.45, 7) is 2.41. The molecule has 0 radical (unpaired) electrons. The van der Waals surface area contributed by atoms with Crippen molar-refractivity contribution in [2.75, 3.05) is 0 Å². The van der Waals surface area contributed by atoms with E-state index in [4.69, 9.17) is 4.74 Å². The minimum atomic E-state index is -0.0488. The van der Waals surface area contributed by atoms with Crippen molar-refractivity contribution in [2.24, 2.45) is 5.92 Å². The van der Waals surface area contributed by atoms with Crippen molar-refractivity contribution < 1.29 is 9.53 Å². The molecule has 1 aromatic rings. The van der Waals surface area contributed by atoms with E-state index in [1.54, 1.807) is 11.3 Å². The van der Waals surface area contributed by atoms with Gasteiger partial charge < -0.3 is 4.74 Å².